The average molecular weight is 487 g/mol. The number of rotatable bonds is 9. The van der Waals surface area contributed by atoms with Crippen molar-refractivity contribution in [2.45, 2.75) is 44.0 Å². The summed E-state index contributed by atoms with van der Waals surface area (Å²) in [6, 6.07) is 10.9. The monoisotopic (exact) mass is 486 g/mol. The molecule has 2 heterocycles. The lowest BCUT2D eigenvalue weighted by atomic mass is 10.1. The van der Waals surface area contributed by atoms with Crippen LogP contribution in [0.15, 0.2) is 48.5 Å². The molecule has 2 aliphatic heterocycles. The zero-order chi connectivity index (χ0) is 24.8. The molecule has 2 aliphatic rings. The molecule has 0 aromatic heterocycles. The fraction of sp³-hybridized carbons (Fsp3) is 0.462. The first-order valence-electron chi connectivity index (χ1n) is 12.1. The van der Waals surface area contributed by atoms with E-state index in [4.69, 9.17) is 10.5 Å². The van der Waals surface area contributed by atoms with Crippen LogP contribution in [-0.2, 0) is 16.1 Å². The molecule has 9 heteroatoms. The van der Waals surface area contributed by atoms with Crippen molar-refractivity contribution in [3.8, 4) is 0 Å². The quantitative estimate of drug-likeness (QED) is 0.568. The number of ether oxygens (including phenoxy) is 1. The summed E-state index contributed by atoms with van der Waals surface area (Å²) in [5, 5.41) is 2.81. The van der Waals surface area contributed by atoms with Crippen molar-refractivity contribution in [3.63, 3.8) is 0 Å². The first-order valence-corrected chi connectivity index (χ1v) is 12.1. The smallest absolute Gasteiger partial charge is 0.254 e. The highest BCUT2D eigenvalue weighted by Gasteiger charge is 2.42. The Morgan fingerprint density at radius 2 is 1.77 bits per heavy atom. The second-order valence-corrected chi connectivity index (χ2v) is 9.14. The van der Waals surface area contributed by atoms with Crippen LogP contribution < -0.4 is 11.1 Å². The summed E-state index contributed by atoms with van der Waals surface area (Å²) in [5.74, 6) is -1.31. The Kier molecular flexibility index (Phi) is 8.43. The standard InChI is InChI=1S/C26H32F2N4O3/c27-20-7-3-18(4-8-20)15-31(17-23-2-1-13-35-23)22-14-24(25(33)30-12-11-29)32(16-22)26(34)19-5-9-21(28)10-6-19/h3-10,22-24H,1-2,11-17,29H2,(H,30,33). The number of nitrogens with zero attached hydrogens (tertiary/aromatic N) is 2. The van der Waals surface area contributed by atoms with Crippen LogP contribution in [0.2, 0.25) is 0 Å². The van der Waals surface area contributed by atoms with Gasteiger partial charge in [0.15, 0.2) is 0 Å². The van der Waals surface area contributed by atoms with Crippen molar-refractivity contribution in [3.05, 3.63) is 71.3 Å². The Balaban J connectivity index is 1.57. The van der Waals surface area contributed by atoms with Crippen LogP contribution in [0.1, 0.15) is 35.2 Å². The number of halogens is 2. The molecular weight excluding hydrogens is 454 g/mol. The third kappa shape index (κ3) is 6.42. The van der Waals surface area contributed by atoms with Gasteiger partial charge < -0.3 is 20.7 Å². The maximum Gasteiger partial charge on any atom is 0.254 e. The van der Waals surface area contributed by atoms with Crippen molar-refractivity contribution in [1.82, 2.24) is 15.1 Å². The van der Waals surface area contributed by atoms with Crippen molar-refractivity contribution in [2.24, 2.45) is 5.73 Å². The molecule has 3 N–H and O–H groups in total. The van der Waals surface area contributed by atoms with Crippen LogP contribution >= 0.6 is 0 Å². The highest BCUT2D eigenvalue weighted by molar-refractivity contribution is 5.98. The van der Waals surface area contributed by atoms with Crippen molar-refractivity contribution in [2.75, 3.05) is 32.8 Å². The Morgan fingerprint density at radius 3 is 2.40 bits per heavy atom. The van der Waals surface area contributed by atoms with Crippen LogP contribution in [0.25, 0.3) is 0 Å². The van der Waals surface area contributed by atoms with E-state index >= 15 is 0 Å². The summed E-state index contributed by atoms with van der Waals surface area (Å²) in [7, 11) is 0. The Hall–Kier alpha value is -2.88. The second-order valence-electron chi connectivity index (χ2n) is 9.14. The first kappa shape index (κ1) is 25.2. The number of nitrogens with one attached hydrogen (secondary N) is 1. The summed E-state index contributed by atoms with van der Waals surface area (Å²) in [6.07, 6.45) is 2.46. The molecule has 0 saturated carbocycles. The summed E-state index contributed by atoms with van der Waals surface area (Å²) in [5.41, 5.74) is 6.83. The molecular formula is C26H32F2N4O3. The zero-order valence-electron chi connectivity index (χ0n) is 19.7. The van der Waals surface area contributed by atoms with Crippen LogP contribution in [0, 0.1) is 11.6 Å². The lowest BCUT2D eigenvalue weighted by Gasteiger charge is -2.31. The van der Waals surface area contributed by atoms with Gasteiger partial charge in [0, 0.05) is 50.9 Å². The number of nitrogens with two attached hydrogens (primary N) is 1. The van der Waals surface area contributed by atoms with Crippen LogP contribution in [-0.4, -0.2) is 72.6 Å². The van der Waals surface area contributed by atoms with E-state index in [9.17, 15) is 18.4 Å². The minimum Gasteiger partial charge on any atom is -0.377 e. The number of carbonyl (C=O) groups is 2. The van der Waals surface area contributed by atoms with Crippen LogP contribution in [0.5, 0.6) is 0 Å². The molecule has 2 saturated heterocycles. The Labute approximate surface area is 204 Å². The molecule has 0 aliphatic carbocycles. The number of carbonyl (C=O) groups excluding carboxylic acids is 2. The van der Waals surface area contributed by atoms with Crippen LogP contribution in [0.3, 0.4) is 0 Å². The third-order valence-corrected chi connectivity index (χ3v) is 6.65. The molecule has 0 bridgehead atoms. The zero-order valence-corrected chi connectivity index (χ0v) is 19.7. The fourth-order valence-corrected chi connectivity index (χ4v) is 4.84. The van der Waals surface area contributed by atoms with E-state index in [1.54, 1.807) is 17.0 Å². The maximum absolute atomic E-state index is 13.5. The van der Waals surface area contributed by atoms with E-state index in [2.05, 4.69) is 10.2 Å². The number of benzene rings is 2. The summed E-state index contributed by atoms with van der Waals surface area (Å²) in [4.78, 5) is 30.2. The van der Waals surface area contributed by atoms with Gasteiger partial charge in [0.25, 0.3) is 5.91 Å². The van der Waals surface area contributed by atoms with Crippen molar-refractivity contribution >= 4 is 11.8 Å². The van der Waals surface area contributed by atoms with Crippen molar-refractivity contribution in [1.29, 1.82) is 0 Å². The van der Waals surface area contributed by atoms with Gasteiger partial charge in [0.05, 0.1) is 6.10 Å². The van der Waals surface area contributed by atoms with Gasteiger partial charge in [-0.1, -0.05) is 12.1 Å². The molecule has 3 atom stereocenters. The molecule has 188 valence electrons. The van der Waals surface area contributed by atoms with E-state index in [-0.39, 0.29) is 29.8 Å². The van der Waals surface area contributed by atoms with E-state index in [1.165, 1.54) is 36.4 Å². The highest BCUT2D eigenvalue weighted by atomic mass is 19.1. The molecule has 0 spiro atoms. The number of amides is 2. The van der Waals surface area contributed by atoms with Gasteiger partial charge in [-0.3, -0.25) is 14.5 Å². The van der Waals surface area contributed by atoms with E-state index in [0.29, 0.717) is 44.7 Å². The maximum atomic E-state index is 13.5. The first-order chi connectivity index (χ1) is 16.9. The minimum absolute atomic E-state index is 0.0711. The molecule has 35 heavy (non-hydrogen) atoms. The van der Waals surface area contributed by atoms with E-state index in [1.807, 2.05) is 0 Å². The van der Waals surface area contributed by atoms with Crippen LogP contribution in [0.4, 0.5) is 8.78 Å². The van der Waals surface area contributed by atoms with Gasteiger partial charge in [-0.05, 0) is 61.2 Å². The summed E-state index contributed by atoms with van der Waals surface area (Å²) < 4.78 is 32.8. The molecule has 2 fully saturated rings. The Morgan fingerprint density at radius 1 is 1.09 bits per heavy atom. The van der Waals surface area contributed by atoms with Gasteiger partial charge in [-0.2, -0.15) is 0 Å². The predicted octanol–water partition coefficient (Wildman–Crippen LogP) is 2.30. The van der Waals surface area contributed by atoms with Gasteiger partial charge in [0.2, 0.25) is 5.91 Å². The molecule has 2 amide bonds. The van der Waals surface area contributed by atoms with Gasteiger partial charge in [-0.25, -0.2) is 8.78 Å². The lowest BCUT2D eigenvalue weighted by molar-refractivity contribution is -0.124. The minimum atomic E-state index is -0.677. The molecule has 3 unspecified atom stereocenters. The second kappa shape index (κ2) is 11.7. The summed E-state index contributed by atoms with van der Waals surface area (Å²) in [6.45, 7) is 2.86. The predicted molar refractivity (Wildman–Crippen MR) is 127 cm³/mol. The largest absolute Gasteiger partial charge is 0.377 e. The number of likely N-dealkylation sites (tertiary alicyclic amines) is 1. The number of hydrogen-bond donors (Lipinski definition) is 2. The normalized spacial score (nSPS) is 22.1. The molecule has 0 radical (unpaired) electrons. The fourth-order valence-electron chi connectivity index (χ4n) is 4.84. The van der Waals surface area contributed by atoms with E-state index < -0.39 is 11.9 Å². The molecule has 2 aromatic carbocycles. The number of hydrogen-bond acceptors (Lipinski definition) is 5. The third-order valence-electron chi connectivity index (χ3n) is 6.65. The molecule has 4 rings (SSSR count). The molecule has 7 nitrogen and oxygen atoms in total. The van der Waals surface area contributed by atoms with Crippen molar-refractivity contribution < 1.29 is 23.1 Å². The van der Waals surface area contributed by atoms with Gasteiger partial charge in [-0.15, -0.1) is 0 Å². The van der Waals surface area contributed by atoms with E-state index in [0.717, 1.165) is 25.0 Å². The topological polar surface area (TPSA) is 87.9 Å². The summed E-state index contributed by atoms with van der Waals surface area (Å²) >= 11 is 0. The lowest BCUT2D eigenvalue weighted by Crippen LogP contribution is -2.47. The highest BCUT2D eigenvalue weighted by Crippen LogP contribution is 2.28. The van der Waals surface area contributed by atoms with Gasteiger partial charge >= 0.3 is 0 Å². The molecule has 2 aromatic rings. The Bertz CT molecular complexity index is 997. The SMILES string of the molecule is NCCNC(=O)C1CC(N(Cc2ccc(F)cc2)CC2CCCO2)CN1C(=O)c1ccc(F)cc1. The average Bonchev–Trinajstić information content (AvgIpc) is 3.54. The van der Waals surface area contributed by atoms with Gasteiger partial charge in [0.1, 0.15) is 17.7 Å².